The minimum atomic E-state index is -0.971. The van der Waals surface area contributed by atoms with Gasteiger partial charge in [0.15, 0.2) is 0 Å². The van der Waals surface area contributed by atoms with Gasteiger partial charge in [-0.1, -0.05) is 18.2 Å². The first-order chi connectivity index (χ1) is 8.16. The van der Waals surface area contributed by atoms with Crippen LogP contribution in [0.15, 0.2) is 48.5 Å². The number of carbonyl (C=O) groups is 1. The Labute approximate surface area is 98.7 Å². The van der Waals surface area contributed by atoms with Gasteiger partial charge in [-0.15, -0.1) is 0 Å². The maximum absolute atomic E-state index is 10.8. The molecule has 4 heteroatoms. The van der Waals surface area contributed by atoms with Crippen molar-refractivity contribution in [3.63, 3.8) is 0 Å². The van der Waals surface area contributed by atoms with Crippen molar-refractivity contribution in [2.75, 3.05) is 11.1 Å². The quantitative estimate of drug-likeness (QED) is 0.706. The average molecular weight is 228 g/mol. The predicted molar refractivity (Wildman–Crippen MR) is 67.5 cm³/mol. The molecule has 0 aliphatic carbocycles. The minimum absolute atomic E-state index is 0.206. The molecule has 2 rings (SSSR count). The van der Waals surface area contributed by atoms with Crippen LogP contribution >= 0.6 is 0 Å². The number of nitrogens with one attached hydrogen (secondary N) is 1. The second kappa shape index (κ2) is 4.57. The molecule has 0 bridgehead atoms. The van der Waals surface area contributed by atoms with E-state index >= 15 is 0 Å². The molecule has 0 saturated carbocycles. The highest BCUT2D eigenvalue weighted by molar-refractivity contribution is 5.91. The van der Waals surface area contributed by atoms with Crippen molar-refractivity contribution in [3.8, 4) is 0 Å². The van der Waals surface area contributed by atoms with E-state index in [1.54, 1.807) is 6.07 Å². The third-order valence-electron chi connectivity index (χ3n) is 2.35. The van der Waals surface area contributed by atoms with Crippen molar-refractivity contribution in [2.24, 2.45) is 0 Å². The van der Waals surface area contributed by atoms with Crippen LogP contribution < -0.4 is 11.1 Å². The number of nitrogen functional groups attached to an aromatic ring is 1. The number of rotatable bonds is 3. The lowest BCUT2D eigenvalue weighted by molar-refractivity contribution is 0.0697. The van der Waals surface area contributed by atoms with Crippen LogP contribution in [0.3, 0.4) is 0 Å². The van der Waals surface area contributed by atoms with Gasteiger partial charge < -0.3 is 16.2 Å². The molecule has 86 valence electrons. The second-order valence-corrected chi connectivity index (χ2v) is 3.60. The number of para-hydroxylation sites is 1. The summed E-state index contributed by atoms with van der Waals surface area (Å²) in [6, 6.07) is 14.0. The molecular formula is C13H12N2O2. The van der Waals surface area contributed by atoms with Crippen molar-refractivity contribution in [3.05, 3.63) is 54.1 Å². The molecule has 4 nitrogen and oxygen atoms in total. The molecule has 0 aliphatic rings. The number of aromatic carboxylic acids is 1. The number of hydrogen-bond donors (Lipinski definition) is 3. The highest BCUT2D eigenvalue weighted by Gasteiger charge is 2.06. The SMILES string of the molecule is Nc1ccc(C(=O)O)cc1Nc1ccccc1. The van der Waals surface area contributed by atoms with Crippen molar-refractivity contribution in [1.82, 2.24) is 0 Å². The zero-order chi connectivity index (χ0) is 12.3. The van der Waals surface area contributed by atoms with E-state index in [9.17, 15) is 4.79 Å². The van der Waals surface area contributed by atoms with Crippen molar-refractivity contribution in [2.45, 2.75) is 0 Å². The zero-order valence-electron chi connectivity index (χ0n) is 9.05. The van der Waals surface area contributed by atoms with E-state index in [1.165, 1.54) is 12.1 Å². The summed E-state index contributed by atoms with van der Waals surface area (Å²) < 4.78 is 0. The zero-order valence-corrected chi connectivity index (χ0v) is 9.05. The summed E-state index contributed by atoms with van der Waals surface area (Å²) in [4.78, 5) is 10.8. The van der Waals surface area contributed by atoms with Crippen LogP contribution in [0.1, 0.15) is 10.4 Å². The molecule has 0 fully saturated rings. The van der Waals surface area contributed by atoms with Gasteiger partial charge in [0.25, 0.3) is 0 Å². The minimum Gasteiger partial charge on any atom is -0.478 e. The lowest BCUT2D eigenvalue weighted by atomic mass is 10.1. The molecule has 0 aromatic heterocycles. The van der Waals surface area contributed by atoms with Gasteiger partial charge in [-0.05, 0) is 30.3 Å². The monoisotopic (exact) mass is 228 g/mol. The molecule has 17 heavy (non-hydrogen) atoms. The maximum Gasteiger partial charge on any atom is 0.335 e. The summed E-state index contributed by atoms with van der Waals surface area (Å²) in [5.41, 5.74) is 7.96. The van der Waals surface area contributed by atoms with Gasteiger partial charge in [0.05, 0.1) is 16.9 Å². The Morgan fingerprint density at radius 2 is 1.82 bits per heavy atom. The summed E-state index contributed by atoms with van der Waals surface area (Å²) in [7, 11) is 0. The summed E-state index contributed by atoms with van der Waals surface area (Å²) >= 11 is 0. The topological polar surface area (TPSA) is 75.4 Å². The van der Waals surface area contributed by atoms with E-state index in [0.29, 0.717) is 11.4 Å². The van der Waals surface area contributed by atoms with Crippen molar-refractivity contribution < 1.29 is 9.90 Å². The van der Waals surface area contributed by atoms with Crippen LogP contribution in [-0.4, -0.2) is 11.1 Å². The Bertz CT molecular complexity index is 538. The molecule has 0 amide bonds. The van der Waals surface area contributed by atoms with Gasteiger partial charge in [0.1, 0.15) is 0 Å². The smallest absolute Gasteiger partial charge is 0.335 e. The molecule has 0 spiro atoms. The van der Waals surface area contributed by atoms with Crippen molar-refractivity contribution in [1.29, 1.82) is 0 Å². The normalized spacial score (nSPS) is 9.88. The molecule has 0 atom stereocenters. The Morgan fingerprint density at radius 3 is 2.47 bits per heavy atom. The number of benzene rings is 2. The standard InChI is InChI=1S/C13H12N2O2/c14-11-7-6-9(13(16)17)8-12(11)15-10-4-2-1-3-5-10/h1-8,15H,14H2,(H,16,17). The Balaban J connectivity index is 2.32. The number of anilines is 3. The summed E-state index contributed by atoms with van der Waals surface area (Å²) in [5.74, 6) is -0.971. The maximum atomic E-state index is 10.8. The lowest BCUT2D eigenvalue weighted by Crippen LogP contribution is -2.01. The molecule has 0 saturated heterocycles. The number of hydrogen-bond acceptors (Lipinski definition) is 3. The summed E-state index contributed by atoms with van der Waals surface area (Å²) in [6.07, 6.45) is 0. The van der Waals surface area contributed by atoms with Crippen LogP contribution in [0, 0.1) is 0 Å². The molecule has 0 radical (unpaired) electrons. The molecular weight excluding hydrogens is 216 g/mol. The van der Waals surface area contributed by atoms with Gasteiger partial charge in [0, 0.05) is 5.69 Å². The fraction of sp³-hybridized carbons (Fsp3) is 0. The van der Waals surface area contributed by atoms with Gasteiger partial charge in [-0.2, -0.15) is 0 Å². The molecule has 0 unspecified atom stereocenters. The fourth-order valence-electron chi connectivity index (χ4n) is 1.47. The van der Waals surface area contributed by atoms with Crippen LogP contribution in [0.2, 0.25) is 0 Å². The molecule has 0 aliphatic heterocycles. The van der Waals surface area contributed by atoms with Gasteiger partial charge in [-0.3, -0.25) is 0 Å². The Hall–Kier alpha value is -2.49. The lowest BCUT2D eigenvalue weighted by Gasteiger charge is -2.09. The highest BCUT2D eigenvalue weighted by atomic mass is 16.4. The Morgan fingerprint density at radius 1 is 1.12 bits per heavy atom. The number of carboxylic acid groups (broad SMARTS) is 1. The van der Waals surface area contributed by atoms with E-state index < -0.39 is 5.97 Å². The number of nitrogens with two attached hydrogens (primary N) is 1. The second-order valence-electron chi connectivity index (χ2n) is 3.60. The van der Waals surface area contributed by atoms with E-state index in [2.05, 4.69) is 5.32 Å². The summed E-state index contributed by atoms with van der Waals surface area (Å²) in [5, 5.41) is 12.0. The van der Waals surface area contributed by atoms with Gasteiger partial charge in [-0.25, -0.2) is 4.79 Å². The molecule has 2 aromatic carbocycles. The van der Waals surface area contributed by atoms with E-state index in [4.69, 9.17) is 10.8 Å². The highest BCUT2D eigenvalue weighted by Crippen LogP contribution is 2.24. The van der Waals surface area contributed by atoms with Crippen LogP contribution in [0.25, 0.3) is 0 Å². The first-order valence-electron chi connectivity index (χ1n) is 5.12. The summed E-state index contributed by atoms with van der Waals surface area (Å²) in [6.45, 7) is 0. The van der Waals surface area contributed by atoms with E-state index in [0.717, 1.165) is 5.69 Å². The first-order valence-corrected chi connectivity index (χ1v) is 5.12. The third-order valence-corrected chi connectivity index (χ3v) is 2.35. The average Bonchev–Trinajstić information content (AvgIpc) is 2.33. The van der Waals surface area contributed by atoms with Crippen molar-refractivity contribution >= 4 is 23.0 Å². The fourth-order valence-corrected chi connectivity index (χ4v) is 1.47. The van der Waals surface area contributed by atoms with E-state index in [1.807, 2.05) is 30.3 Å². The van der Waals surface area contributed by atoms with Crippen LogP contribution in [0.4, 0.5) is 17.1 Å². The predicted octanol–water partition coefficient (Wildman–Crippen LogP) is 2.71. The largest absolute Gasteiger partial charge is 0.478 e. The van der Waals surface area contributed by atoms with Crippen LogP contribution in [-0.2, 0) is 0 Å². The van der Waals surface area contributed by atoms with Crippen LogP contribution in [0.5, 0.6) is 0 Å². The third kappa shape index (κ3) is 2.55. The molecule has 0 heterocycles. The van der Waals surface area contributed by atoms with Gasteiger partial charge in [0.2, 0.25) is 0 Å². The van der Waals surface area contributed by atoms with Gasteiger partial charge >= 0.3 is 5.97 Å². The van der Waals surface area contributed by atoms with E-state index in [-0.39, 0.29) is 5.56 Å². The molecule has 2 aromatic rings. The number of carboxylic acids is 1. The molecule has 4 N–H and O–H groups in total. The first kappa shape index (κ1) is 11.0. The Kier molecular flexibility index (Phi) is 2.96.